The average molecular weight is 246 g/mol. The van der Waals surface area contributed by atoms with Crippen LogP contribution < -0.4 is 5.32 Å². The van der Waals surface area contributed by atoms with Crippen LogP contribution in [0.2, 0.25) is 0 Å². The summed E-state index contributed by atoms with van der Waals surface area (Å²) in [5.74, 6) is -0.562. The summed E-state index contributed by atoms with van der Waals surface area (Å²) in [4.78, 5) is 11.5. The van der Waals surface area contributed by atoms with Crippen molar-refractivity contribution in [2.75, 3.05) is 11.9 Å². The fraction of sp³-hybridized carbons (Fsp3) is 0.231. The van der Waals surface area contributed by atoms with Crippen molar-refractivity contribution in [1.82, 2.24) is 0 Å². The molecule has 0 aliphatic carbocycles. The highest BCUT2D eigenvalue weighted by Crippen LogP contribution is 2.18. The Morgan fingerprint density at radius 1 is 1.56 bits per heavy atom. The molecule has 0 bridgehead atoms. The highest BCUT2D eigenvalue weighted by molar-refractivity contribution is 5.94. The third-order valence-electron chi connectivity index (χ3n) is 2.14. The third kappa shape index (κ3) is 3.52. The molecule has 5 heteroatoms. The summed E-state index contributed by atoms with van der Waals surface area (Å²) in [6.07, 6.45) is 0. The lowest BCUT2D eigenvalue weighted by Gasteiger charge is -2.09. The van der Waals surface area contributed by atoms with Gasteiger partial charge >= 0.3 is 5.97 Å². The maximum atomic E-state index is 11.5. The molecule has 1 aromatic rings. The van der Waals surface area contributed by atoms with Crippen LogP contribution >= 0.6 is 0 Å². The maximum Gasteiger partial charge on any atom is 0.350 e. The van der Waals surface area contributed by atoms with Gasteiger partial charge in [-0.25, -0.2) is 4.79 Å². The number of phenols is 1. The average Bonchev–Trinajstić information content (AvgIpc) is 2.30. The third-order valence-corrected chi connectivity index (χ3v) is 2.14. The number of aromatic hydroxyl groups is 1. The van der Waals surface area contributed by atoms with Gasteiger partial charge in [0, 0.05) is 17.5 Å². The molecule has 0 spiro atoms. The largest absolute Gasteiger partial charge is 0.508 e. The van der Waals surface area contributed by atoms with Crippen LogP contribution in [-0.2, 0) is 9.53 Å². The minimum absolute atomic E-state index is 0.0832. The van der Waals surface area contributed by atoms with E-state index < -0.39 is 5.97 Å². The van der Waals surface area contributed by atoms with Gasteiger partial charge < -0.3 is 15.2 Å². The predicted molar refractivity (Wildman–Crippen MR) is 66.7 cm³/mol. The molecular formula is C13H14N2O3. The molecule has 0 saturated heterocycles. The zero-order valence-corrected chi connectivity index (χ0v) is 10.2. The van der Waals surface area contributed by atoms with E-state index in [1.165, 1.54) is 12.1 Å². The molecule has 0 radical (unpaired) electrons. The zero-order chi connectivity index (χ0) is 13.5. The molecule has 0 heterocycles. The fourth-order valence-electron chi connectivity index (χ4n) is 1.35. The molecule has 18 heavy (non-hydrogen) atoms. The van der Waals surface area contributed by atoms with E-state index in [-0.39, 0.29) is 17.9 Å². The van der Waals surface area contributed by atoms with E-state index >= 15 is 0 Å². The SMILES string of the molecule is CCOC(=O)/C(C#N)=C(\C)Nc1cccc(O)c1. The molecular weight excluding hydrogens is 232 g/mol. The van der Waals surface area contributed by atoms with E-state index in [0.29, 0.717) is 11.4 Å². The van der Waals surface area contributed by atoms with E-state index in [1.54, 1.807) is 32.0 Å². The van der Waals surface area contributed by atoms with E-state index in [2.05, 4.69) is 5.32 Å². The van der Waals surface area contributed by atoms with Crippen LogP contribution in [0.1, 0.15) is 13.8 Å². The lowest BCUT2D eigenvalue weighted by atomic mass is 10.2. The summed E-state index contributed by atoms with van der Waals surface area (Å²) in [6.45, 7) is 3.48. The quantitative estimate of drug-likeness (QED) is 0.483. The smallest absolute Gasteiger partial charge is 0.350 e. The number of hydrogen-bond acceptors (Lipinski definition) is 5. The Balaban J connectivity index is 2.94. The summed E-state index contributed by atoms with van der Waals surface area (Å²) in [5.41, 5.74) is 0.881. The fourth-order valence-corrected chi connectivity index (χ4v) is 1.35. The van der Waals surface area contributed by atoms with Gasteiger partial charge in [0.25, 0.3) is 0 Å². The maximum absolute atomic E-state index is 11.5. The van der Waals surface area contributed by atoms with Crippen LogP contribution in [-0.4, -0.2) is 17.7 Å². The van der Waals surface area contributed by atoms with Crippen LogP contribution in [0.4, 0.5) is 5.69 Å². The van der Waals surface area contributed by atoms with Gasteiger partial charge in [0.15, 0.2) is 5.57 Å². The minimum Gasteiger partial charge on any atom is -0.508 e. The predicted octanol–water partition coefficient (Wildman–Crippen LogP) is 2.16. The molecule has 94 valence electrons. The van der Waals surface area contributed by atoms with E-state index in [0.717, 1.165) is 0 Å². The number of ether oxygens (including phenoxy) is 1. The van der Waals surface area contributed by atoms with Crippen LogP contribution in [0.5, 0.6) is 5.75 Å². The van der Waals surface area contributed by atoms with Crippen molar-refractivity contribution in [3.05, 3.63) is 35.5 Å². The highest BCUT2D eigenvalue weighted by Gasteiger charge is 2.13. The van der Waals surface area contributed by atoms with Crippen molar-refractivity contribution in [1.29, 1.82) is 5.26 Å². The van der Waals surface area contributed by atoms with E-state index in [9.17, 15) is 9.90 Å². The minimum atomic E-state index is -0.662. The molecule has 0 amide bonds. The molecule has 0 aliphatic rings. The summed E-state index contributed by atoms with van der Waals surface area (Å²) < 4.78 is 4.77. The van der Waals surface area contributed by atoms with Crippen LogP contribution in [0.3, 0.4) is 0 Å². The number of benzene rings is 1. The number of anilines is 1. The molecule has 0 aliphatic heterocycles. The lowest BCUT2D eigenvalue weighted by Crippen LogP contribution is -2.11. The zero-order valence-electron chi connectivity index (χ0n) is 10.2. The van der Waals surface area contributed by atoms with Crippen LogP contribution in [0, 0.1) is 11.3 Å². The molecule has 1 aromatic carbocycles. The van der Waals surface area contributed by atoms with Crippen molar-refractivity contribution in [3.8, 4) is 11.8 Å². The number of nitriles is 1. The number of nitrogens with zero attached hydrogens (tertiary/aromatic N) is 1. The van der Waals surface area contributed by atoms with Gasteiger partial charge in [0.1, 0.15) is 11.8 Å². The Kier molecular flexibility index (Phi) is 4.76. The summed E-state index contributed by atoms with van der Waals surface area (Å²) >= 11 is 0. The number of carbonyl (C=O) groups is 1. The lowest BCUT2D eigenvalue weighted by molar-refractivity contribution is -0.138. The first kappa shape index (κ1) is 13.6. The first-order valence-electron chi connectivity index (χ1n) is 5.42. The molecule has 2 N–H and O–H groups in total. The molecule has 0 unspecified atom stereocenters. The summed E-state index contributed by atoms with van der Waals surface area (Å²) in [7, 11) is 0. The number of rotatable bonds is 4. The molecule has 1 rings (SSSR count). The molecule has 0 fully saturated rings. The number of esters is 1. The van der Waals surface area contributed by atoms with Crippen LogP contribution in [0.15, 0.2) is 35.5 Å². The Morgan fingerprint density at radius 2 is 2.28 bits per heavy atom. The second-order valence-electron chi connectivity index (χ2n) is 3.51. The standard InChI is InChI=1S/C13H14N2O3/c1-3-18-13(17)12(8-14)9(2)15-10-5-4-6-11(16)7-10/h4-7,15-16H,3H2,1-2H3/b12-9+. The summed E-state index contributed by atoms with van der Waals surface area (Å²) in [6, 6.07) is 8.19. The first-order valence-corrected chi connectivity index (χ1v) is 5.42. The van der Waals surface area contributed by atoms with Gasteiger partial charge in [-0.1, -0.05) is 6.07 Å². The van der Waals surface area contributed by atoms with Gasteiger partial charge in [-0.05, 0) is 26.0 Å². The van der Waals surface area contributed by atoms with Crippen molar-refractivity contribution in [2.24, 2.45) is 0 Å². The second kappa shape index (κ2) is 6.30. The molecule has 0 atom stereocenters. The monoisotopic (exact) mass is 246 g/mol. The van der Waals surface area contributed by atoms with Gasteiger partial charge in [-0.3, -0.25) is 0 Å². The number of nitrogens with one attached hydrogen (secondary N) is 1. The topological polar surface area (TPSA) is 82.4 Å². The van der Waals surface area contributed by atoms with Gasteiger partial charge in [-0.2, -0.15) is 5.26 Å². The molecule has 0 aromatic heterocycles. The van der Waals surface area contributed by atoms with E-state index in [4.69, 9.17) is 10.00 Å². The van der Waals surface area contributed by atoms with Crippen molar-refractivity contribution in [3.63, 3.8) is 0 Å². The summed E-state index contributed by atoms with van der Waals surface area (Å²) in [5, 5.41) is 21.1. The van der Waals surface area contributed by atoms with E-state index in [1.807, 2.05) is 0 Å². The molecule has 0 saturated carbocycles. The van der Waals surface area contributed by atoms with Gasteiger partial charge in [-0.15, -0.1) is 0 Å². The van der Waals surface area contributed by atoms with Gasteiger partial charge in [0.2, 0.25) is 0 Å². The normalized spacial score (nSPS) is 11.2. The Hall–Kier alpha value is -2.48. The first-order chi connectivity index (χ1) is 8.58. The Bertz CT molecular complexity index is 515. The van der Waals surface area contributed by atoms with Crippen molar-refractivity contribution < 1.29 is 14.6 Å². The van der Waals surface area contributed by atoms with Crippen molar-refractivity contribution >= 4 is 11.7 Å². The molecule has 5 nitrogen and oxygen atoms in total. The Morgan fingerprint density at radius 3 is 2.83 bits per heavy atom. The number of carbonyl (C=O) groups excluding carboxylic acids is 1. The number of hydrogen-bond donors (Lipinski definition) is 2. The number of phenolic OH excluding ortho intramolecular Hbond substituents is 1. The van der Waals surface area contributed by atoms with Gasteiger partial charge in [0.05, 0.1) is 6.61 Å². The Labute approximate surface area is 105 Å². The highest BCUT2D eigenvalue weighted by atomic mass is 16.5. The van der Waals surface area contributed by atoms with Crippen molar-refractivity contribution in [2.45, 2.75) is 13.8 Å². The van der Waals surface area contributed by atoms with Crippen LogP contribution in [0.25, 0.3) is 0 Å². The second-order valence-corrected chi connectivity index (χ2v) is 3.51. The number of allylic oxidation sites excluding steroid dienone is 1.